The van der Waals surface area contributed by atoms with E-state index in [-0.39, 0.29) is 52.0 Å². The first-order valence-electron chi connectivity index (χ1n) is 19.4. The fraction of sp³-hybridized carbons (Fsp3) is 1.00. The molecule has 8 aliphatic rings. The monoisotopic (exact) mass is 708 g/mol. The average molecular weight is 709 g/mol. The summed E-state index contributed by atoms with van der Waals surface area (Å²) in [4.78, 5) is 2.49. The summed E-state index contributed by atoms with van der Waals surface area (Å²) in [6.45, 7) is 19.4. The lowest BCUT2D eigenvalue weighted by molar-refractivity contribution is -0.256. The summed E-state index contributed by atoms with van der Waals surface area (Å²) in [5.74, 6) is 1.39. The maximum Gasteiger partial charge on any atom is 0.209 e. The van der Waals surface area contributed by atoms with Crippen molar-refractivity contribution in [2.75, 3.05) is 39.2 Å². The lowest BCUT2D eigenvalue weighted by Gasteiger charge is -2.64. The van der Waals surface area contributed by atoms with Gasteiger partial charge in [-0.2, -0.15) is 0 Å². The second-order valence-electron chi connectivity index (χ2n) is 19.7. The van der Waals surface area contributed by atoms with Crippen LogP contribution in [0.4, 0.5) is 0 Å². The fourth-order valence-corrected chi connectivity index (χ4v) is 15.2. The van der Waals surface area contributed by atoms with Gasteiger partial charge in [0.25, 0.3) is 0 Å². The van der Waals surface area contributed by atoms with Gasteiger partial charge >= 0.3 is 0 Å². The lowest BCUT2D eigenvalue weighted by Crippen LogP contribution is -2.61. The number of aliphatic hydroxyl groups excluding tert-OH is 1. The van der Waals surface area contributed by atoms with Crippen LogP contribution < -0.4 is 4.72 Å². The molecule has 14 atom stereocenters. The molecule has 3 N–H and O–H groups in total. The van der Waals surface area contributed by atoms with Gasteiger partial charge in [0.1, 0.15) is 0 Å². The highest BCUT2D eigenvalue weighted by atomic mass is 32.2. The number of fused-ring (bicyclic) bond motifs is 4. The predicted octanol–water partition coefficient (Wildman–Crippen LogP) is 3.93. The minimum atomic E-state index is -3.59. The molecule has 0 aromatic rings. The highest BCUT2D eigenvalue weighted by Crippen LogP contribution is 2.89. The molecule has 11 heteroatoms. The van der Waals surface area contributed by atoms with Crippen molar-refractivity contribution in [1.29, 1.82) is 0 Å². The topological polar surface area (TPSA) is 127 Å². The quantitative estimate of drug-likeness (QED) is 0.361. The molecule has 8 rings (SSSR count). The third kappa shape index (κ3) is 5.01. The van der Waals surface area contributed by atoms with E-state index in [1.165, 1.54) is 19.3 Å². The van der Waals surface area contributed by atoms with Crippen molar-refractivity contribution in [2.24, 2.45) is 50.7 Å². The van der Waals surface area contributed by atoms with Crippen molar-refractivity contribution in [3.63, 3.8) is 0 Å². The Balaban J connectivity index is 1.03. The van der Waals surface area contributed by atoms with E-state index in [4.69, 9.17) is 18.9 Å². The summed E-state index contributed by atoms with van der Waals surface area (Å²) in [7, 11) is -3.59. The molecule has 5 aliphatic carbocycles. The molecule has 3 aliphatic heterocycles. The Morgan fingerprint density at radius 1 is 1.02 bits per heavy atom. The van der Waals surface area contributed by atoms with Gasteiger partial charge in [0, 0.05) is 12.0 Å². The van der Waals surface area contributed by atoms with Gasteiger partial charge in [-0.15, -0.1) is 0 Å². The fourth-order valence-electron chi connectivity index (χ4n) is 14.3. The molecule has 0 bridgehead atoms. The number of hydrogen-bond acceptors (Lipinski definition) is 9. The van der Waals surface area contributed by atoms with Crippen LogP contribution >= 0.6 is 0 Å². The van der Waals surface area contributed by atoms with Crippen LogP contribution in [0.15, 0.2) is 0 Å². The number of ether oxygens (including phenoxy) is 4. The molecule has 0 radical (unpaired) electrons. The highest BCUT2D eigenvalue weighted by Gasteiger charge is 2.84. The second-order valence-corrected chi connectivity index (χ2v) is 21.5. The molecule has 8 fully saturated rings. The van der Waals surface area contributed by atoms with Crippen LogP contribution in [0.5, 0.6) is 0 Å². The Morgan fingerprint density at radius 3 is 2.37 bits per heavy atom. The van der Waals surface area contributed by atoms with Crippen LogP contribution in [0.25, 0.3) is 0 Å². The number of sulfonamides is 1. The predicted molar refractivity (Wildman–Crippen MR) is 185 cm³/mol. The zero-order chi connectivity index (χ0) is 35.2. The Kier molecular flexibility index (Phi) is 8.24. The molecule has 49 heavy (non-hydrogen) atoms. The zero-order valence-electron chi connectivity index (χ0n) is 31.2. The van der Waals surface area contributed by atoms with Gasteiger partial charge < -0.3 is 29.2 Å². The first kappa shape index (κ1) is 35.6. The molecule has 3 saturated heterocycles. The molecule has 0 aromatic carbocycles. The molecule has 10 unspecified atom stereocenters. The van der Waals surface area contributed by atoms with E-state index in [9.17, 15) is 18.6 Å². The summed E-state index contributed by atoms with van der Waals surface area (Å²) >= 11 is 0. The van der Waals surface area contributed by atoms with Gasteiger partial charge in [-0.25, -0.2) is 13.1 Å². The standard InChI is InChI=1S/C38H64N2O8S/c1-22-17-24(31(34(4,5)42)39-49(8,43)44)47-30-29(22)35(6)13-14-38-21-37(38)12-11-27(48-28-18-40(15-16-46-28)23-19-45-20-23)33(2,3)25(37)9-10-26(38)36(35,7)32(30)41/h22-32,39,41-42H,9-21H2,1-8H3/t22-,24?,25+,26?,27?,28?,29+,30?,31?,32+,35?,36?,37?,38?/m1/s1. The minimum absolute atomic E-state index is 0.0332. The van der Waals surface area contributed by atoms with Crippen LogP contribution in [0.3, 0.4) is 0 Å². The van der Waals surface area contributed by atoms with Crippen LogP contribution in [-0.2, 0) is 29.0 Å². The van der Waals surface area contributed by atoms with Gasteiger partial charge in [0.15, 0.2) is 6.29 Å². The molecule has 3 heterocycles. The van der Waals surface area contributed by atoms with E-state index in [1.807, 2.05) is 0 Å². The molecular formula is C38H64N2O8S. The summed E-state index contributed by atoms with van der Waals surface area (Å²) in [5, 5.41) is 23.7. The number of morpholine rings is 1. The Hall–Kier alpha value is -0.370. The minimum Gasteiger partial charge on any atom is -0.390 e. The first-order chi connectivity index (χ1) is 22.8. The van der Waals surface area contributed by atoms with E-state index >= 15 is 0 Å². The Labute approximate surface area is 294 Å². The molecule has 0 amide bonds. The molecule has 0 aromatic heterocycles. The maximum absolute atomic E-state index is 12.6. The van der Waals surface area contributed by atoms with Crippen molar-refractivity contribution >= 4 is 10.0 Å². The highest BCUT2D eigenvalue weighted by molar-refractivity contribution is 7.88. The van der Waals surface area contributed by atoms with Crippen molar-refractivity contribution in [2.45, 2.75) is 148 Å². The third-order valence-electron chi connectivity index (χ3n) is 16.8. The van der Waals surface area contributed by atoms with Gasteiger partial charge in [-0.05, 0) is 111 Å². The van der Waals surface area contributed by atoms with E-state index in [1.54, 1.807) is 13.8 Å². The van der Waals surface area contributed by atoms with Crippen LogP contribution in [0.1, 0.15) is 99.8 Å². The summed E-state index contributed by atoms with van der Waals surface area (Å²) in [5.41, 5.74) is -1.16. The SMILES string of the molecule is C[C@@H]1CC(C(NS(C)(=O)=O)C(C)(C)O)OC2[C@H]1C1(C)CCC34CC35CCC(OC3CN(C6COC6)CCO3)C(C)(C)[C@@H]5CCC4C1(C)[C@H]2O. The molecule has 5 saturated carbocycles. The van der Waals surface area contributed by atoms with Crippen LogP contribution in [0, 0.1) is 50.7 Å². The number of aliphatic hydroxyl groups is 2. The molecular weight excluding hydrogens is 644 g/mol. The van der Waals surface area contributed by atoms with E-state index in [0.717, 1.165) is 58.2 Å². The van der Waals surface area contributed by atoms with E-state index in [2.05, 4.69) is 44.2 Å². The van der Waals surface area contributed by atoms with Gasteiger partial charge in [0.05, 0.1) is 74.7 Å². The zero-order valence-corrected chi connectivity index (χ0v) is 32.1. The number of hydrogen-bond donors (Lipinski definition) is 3. The molecule has 2 spiro atoms. The summed E-state index contributed by atoms with van der Waals surface area (Å²) < 4.78 is 52.9. The van der Waals surface area contributed by atoms with E-state index < -0.39 is 33.9 Å². The van der Waals surface area contributed by atoms with Crippen molar-refractivity contribution < 1.29 is 37.6 Å². The van der Waals surface area contributed by atoms with Crippen molar-refractivity contribution in [3.8, 4) is 0 Å². The largest absolute Gasteiger partial charge is 0.390 e. The van der Waals surface area contributed by atoms with Gasteiger partial charge in [-0.3, -0.25) is 4.90 Å². The molecule has 10 nitrogen and oxygen atoms in total. The van der Waals surface area contributed by atoms with Gasteiger partial charge in [0.2, 0.25) is 10.0 Å². The lowest BCUT2D eigenvalue weighted by atomic mass is 9.41. The number of rotatable bonds is 7. The van der Waals surface area contributed by atoms with Crippen LogP contribution in [-0.4, -0.2) is 111 Å². The normalized spacial score (nSPS) is 51.8. The second kappa shape index (κ2) is 11.3. The van der Waals surface area contributed by atoms with Gasteiger partial charge in [-0.1, -0.05) is 34.6 Å². The third-order valence-corrected chi connectivity index (χ3v) is 17.4. The Bertz CT molecular complexity index is 1420. The number of nitrogens with one attached hydrogen (secondary N) is 1. The number of nitrogens with zero attached hydrogens (tertiary/aromatic N) is 1. The van der Waals surface area contributed by atoms with E-state index in [0.29, 0.717) is 36.3 Å². The summed E-state index contributed by atoms with van der Waals surface area (Å²) in [6, 6.07) is -0.303. The first-order valence-corrected chi connectivity index (χ1v) is 21.3. The van der Waals surface area contributed by atoms with Crippen molar-refractivity contribution in [3.05, 3.63) is 0 Å². The van der Waals surface area contributed by atoms with Crippen molar-refractivity contribution in [1.82, 2.24) is 9.62 Å². The average Bonchev–Trinajstić information content (AvgIpc) is 3.60. The smallest absolute Gasteiger partial charge is 0.209 e. The van der Waals surface area contributed by atoms with Crippen LogP contribution in [0.2, 0.25) is 0 Å². The maximum atomic E-state index is 12.6. The molecule has 280 valence electrons. The summed E-state index contributed by atoms with van der Waals surface area (Å²) in [6.07, 6.45) is 8.25. The Morgan fingerprint density at radius 2 is 1.71 bits per heavy atom.